The van der Waals surface area contributed by atoms with E-state index < -0.39 is 28.1 Å². The average Bonchev–Trinajstić information content (AvgIpc) is 2.95. The van der Waals surface area contributed by atoms with Crippen molar-refractivity contribution in [2.24, 2.45) is 17.0 Å². The molecule has 0 saturated heterocycles. The number of benzene rings is 3. The van der Waals surface area contributed by atoms with Crippen molar-refractivity contribution in [1.82, 2.24) is 10.6 Å². The summed E-state index contributed by atoms with van der Waals surface area (Å²) in [5, 5.41) is 10.7. The minimum absolute atomic E-state index is 0.0197. The second-order valence-electron chi connectivity index (χ2n) is 10.2. The zero-order valence-corrected chi connectivity index (χ0v) is 24.1. The summed E-state index contributed by atoms with van der Waals surface area (Å²) < 4.78 is 28.2. The van der Waals surface area contributed by atoms with Crippen molar-refractivity contribution in [3.8, 4) is 0 Å². The first kappa shape index (κ1) is 31.5. The second-order valence-corrected chi connectivity index (χ2v) is 11.8. The molecule has 0 bridgehead atoms. The Labute approximate surface area is 241 Å². The third kappa shape index (κ3) is 10.5. The Bertz CT molecular complexity index is 1390. The highest BCUT2D eigenvalue weighted by atomic mass is 32.2. The quantitative estimate of drug-likeness (QED) is 0.265. The van der Waals surface area contributed by atoms with E-state index in [-0.39, 0.29) is 42.0 Å². The van der Waals surface area contributed by atoms with Gasteiger partial charge >= 0.3 is 6.09 Å². The molecule has 4 N–H and O–H groups in total. The summed E-state index contributed by atoms with van der Waals surface area (Å²) in [7, 11) is -3.77. The Kier molecular flexibility index (Phi) is 11.6. The summed E-state index contributed by atoms with van der Waals surface area (Å²) >= 11 is 0. The fourth-order valence-corrected chi connectivity index (χ4v) is 4.81. The molecule has 0 aliphatic heterocycles. The summed E-state index contributed by atoms with van der Waals surface area (Å²) in [6, 6.07) is 23.8. The van der Waals surface area contributed by atoms with Crippen LogP contribution in [0.3, 0.4) is 0 Å². The van der Waals surface area contributed by atoms with E-state index in [2.05, 4.69) is 10.6 Å². The van der Waals surface area contributed by atoms with Gasteiger partial charge in [-0.05, 0) is 47.6 Å². The van der Waals surface area contributed by atoms with Crippen LogP contribution >= 0.6 is 0 Å². The molecule has 0 aliphatic carbocycles. The summed E-state index contributed by atoms with van der Waals surface area (Å²) in [6.07, 6.45) is -0.0209. The smallest absolute Gasteiger partial charge is 0.408 e. The number of sulfonamides is 1. The molecule has 0 fully saturated rings. The monoisotopic (exact) mass is 579 g/mol. The Morgan fingerprint density at radius 3 is 1.98 bits per heavy atom. The fourth-order valence-electron chi connectivity index (χ4n) is 4.30. The third-order valence-electron chi connectivity index (χ3n) is 6.70. The maximum atomic E-state index is 13.5. The lowest BCUT2D eigenvalue weighted by Gasteiger charge is -2.23. The van der Waals surface area contributed by atoms with E-state index in [1.54, 1.807) is 12.1 Å². The molecule has 0 aromatic heterocycles. The predicted molar refractivity (Wildman–Crippen MR) is 156 cm³/mol. The van der Waals surface area contributed by atoms with Crippen molar-refractivity contribution in [3.05, 3.63) is 102 Å². The van der Waals surface area contributed by atoms with Crippen LogP contribution in [0.1, 0.15) is 37.0 Å². The van der Waals surface area contributed by atoms with Gasteiger partial charge in [0.2, 0.25) is 15.9 Å². The minimum Gasteiger partial charge on any atom is -0.445 e. The molecular formula is C31H37N3O6S. The first-order chi connectivity index (χ1) is 19.5. The molecule has 0 aliphatic rings. The topological polar surface area (TPSA) is 145 Å². The first-order valence-electron chi connectivity index (χ1n) is 13.5. The largest absolute Gasteiger partial charge is 0.445 e. The number of alkyl carbamates (subject to hydrolysis) is 1. The summed E-state index contributed by atoms with van der Waals surface area (Å²) in [6.45, 7) is 4.12. The van der Waals surface area contributed by atoms with Crippen LogP contribution in [-0.2, 0) is 43.8 Å². The zero-order chi connectivity index (χ0) is 29.8. The van der Waals surface area contributed by atoms with Crippen LogP contribution < -0.4 is 15.8 Å². The number of Topliss-reactive ketones (excluding diaryl/α,β-unsaturated/α-hetero) is 1. The molecular weight excluding hydrogens is 542 g/mol. The van der Waals surface area contributed by atoms with Gasteiger partial charge in [0, 0.05) is 18.9 Å². The predicted octanol–water partition coefficient (Wildman–Crippen LogP) is 3.76. The number of hydrogen-bond acceptors (Lipinski definition) is 6. The van der Waals surface area contributed by atoms with Gasteiger partial charge in [0.15, 0.2) is 5.78 Å². The van der Waals surface area contributed by atoms with Crippen molar-refractivity contribution >= 4 is 27.8 Å². The Balaban J connectivity index is 1.61. The summed E-state index contributed by atoms with van der Waals surface area (Å²) in [4.78, 5) is 39.2. The molecule has 9 nitrogen and oxygen atoms in total. The minimum atomic E-state index is -3.77. The summed E-state index contributed by atoms with van der Waals surface area (Å²) in [5.74, 6) is -1.26. The number of amides is 2. The van der Waals surface area contributed by atoms with E-state index in [1.807, 2.05) is 74.5 Å². The van der Waals surface area contributed by atoms with Crippen LogP contribution in [0.4, 0.5) is 4.79 Å². The second kappa shape index (κ2) is 15.1. The number of rotatable bonds is 14. The average molecular weight is 580 g/mol. The van der Waals surface area contributed by atoms with Crippen LogP contribution in [0.2, 0.25) is 0 Å². The van der Waals surface area contributed by atoms with E-state index in [4.69, 9.17) is 9.88 Å². The van der Waals surface area contributed by atoms with Gasteiger partial charge in [0.1, 0.15) is 6.61 Å². The standard InChI is InChI=1S/C31H37N3O6S/c1-22(2)27(30(36)33-18-17-23-13-15-26(16-14-23)41(32,38)39)20-29(35)28(19-24-9-5-3-6-10-24)34-31(37)40-21-25-11-7-4-8-12-25/h3-16,22,27-28H,17-21H2,1-2H3,(H,33,36)(H,34,37)(H2,32,38,39)/t27-,28-/m1/s1. The molecule has 41 heavy (non-hydrogen) atoms. The number of nitrogens with one attached hydrogen (secondary N) is 2. The molecule has 0 spiro atoms. The molecule has 2 atom stereocenters. The number of ether oxygens (including phenoxy) is 1. The van der Waals surface area contributed by atoms with E-state index in [0.29, 0.717) is 13.0 Å². The van der Waals surface area contributed by atoms with E-state index in [1.165, 1.54) is 12.1 Å². The number of carbonyl (C=O) groups excluding carboxylic acids is 3. The van der Waals surface area contributed by atoms with Crippen LogP contribution in [0, 0.1) is 11.8 Å². The lowest BCUT2D eigenvalue weighted by molar-refractivity contribution is -0.131. The highest BCUT2D eigenvalue weighted by Crippen LogP contribution is 2.19. The van der Waals surface area contributed by atoms with Gasteiger partial charge in [-0.15, -0.1) is 0 Å². The molecule has 2 amide bonds. The number of nitrogens with two attached hydrogens (primary N) is 1. The van der Waals surface area contributed by atoms with Crippen LogP contribution in [0.5, 0.6) is 0 Å². The Morgan fingerprint density at radius 1 is 0.829 bits per heavy atom. The summed E-state index contributed by atoms with van der Waals surface area (Å²) in [5.41, 5.74) is 2.52. The van der Waals surface area contributed by atoms with Gasteiger partial charge < -0.3 is 15.4 Å². The lowest BCUT2D eigenvalue weighted by atomic mass is 9.87. The maximum absolute atomic E-state index is 13.5. The van der Waals surface area contributed by atoms with E-state index >= 15 is 0 Å². The Hall–Kier alpha value is -4.02. The van der Waals surface area contributed by atoms with Gasteiger partial charge in [-0.25, -0.2) is 18.4 Å². The molecule has 3 aromatic carbocycles. The molecule has 0 radical (unpaired) electrons. The van der Waals surface area contributed by atoms with E-state index in [9.17, 15) is 22.8 Å². The van der Waals surface area contributed by atoms with Gasteiger partial charge in [-0.2, -0.15) is 0 Å². The van der Waals surface area contributed by atoms with Crippen LogP contribution in [0.15, 0.2) is 89.8 Å². The highest BCUT2D eigenvalue weighted by molar-refractivity contribution is 7.89. The SMILES string of the molecule is CC(C)[C@@H](CC(=O)[C@@H](Cc1ccccc1)NC(=O)OCc1ccccc1)C(=O)NCCc1ccc(S(N)(=O)=O)cc1. The van der Waals surface area contributed by atoms with Gasteiger partial charge in [0.25, 0.3) is 0 Å². The first-order valence-corrected chi connectivity index (χ1v) is 15.0. The number of primary sulfonamides is 1. The van der Waals surface area contributed by atoms with Crippen molar-refractivity contribution < 1.29 is 27.5 Å². The number of ketones is 1. The number of carbonyl (C=O) groups is 3. The van der Waals surface area contributed by atoms with Gasteiger partial charge in [-0.1, -0.05) is 86.6 Å². The fraction of sp³-hybridized carbons (Fsp3) is 0.323. The number of hydrogen-bond donors (Lipinski definition) is 3. The van der Waals surface area contributed by atoms with Gasteiger partial charge in [0.05, 0.1) is 10.9 Å². The molecule has 3 aromatic rings. The molecule has 10 heteroatoms. The van der Waals surface area contributed by atoms with Crippen LogP contribution in [0.25, 0.3) is 0 Å². The molecule has 0 heterocycles. The van der Waals surface area contributed by atoms with Crippen molar-refractivity contribution in [3.63, 3.8) is 0 Å². The van der Waals surface area contributed by atoms with Crippen LogP contribution in [-0.4, -0.2) is 38.8 Å². The molecule has 0 saturated carbocycles. The van der Waals surface area contributed by atoms with E-state index in [0.717, 1.165) is 16.7 Å². The third-order valence-corrected chi connectivity index (χ3v) is 7.63. The van der Waals surface area contributed by atoms with Gasteiger partial charge in [-0.3, -0.25) is 9.59 Å². The van der Waals surface area contributed by atoms with Crippen molar-refractivity contribution in [2.75, 3.05) is 6.54 Å². The molecule has 0 unspecified atom stereocenters. The van der Waals surface area contributed by atoms with Crippen molar-refractivity contribution in [1.29, 1.82) is 0 Å². The molecule has 218 valence electrons. The Morgan fingerprint density at radius 2 is 1.41 bits per heavy atom. The molecule has 3 rings (SSSR count). The highest BCUT2D eigenvalue weighted by Gasteiger charge is 2.30. The maximum Gasteiger partial charge on any atom is 0.408 e. The zero-order valence-electron chi connectivity index (χ0n) is 23.3. The van der Waals surface area contributed by atoms with Crippen molar-refractivity contribution in [2.45, 2.75) is 50.7 Å². The lowest BCUT2D eigenvalue weighted by Crippen LogP contribution is -2.45. The normalized spacial score (nSPS) is 12.8.